The third-order valence-corrected chi connectivity index (χ3v) is 3.60. The lowest BCUT2D eigenvalue weighted by molar-refractivity contribution is 0.103. The number of nitrogens with two attached hydrogens (primary N) is 1. The Hall–Kier alpha value is -1.52. The van der Waals surface area contributed by atoms with Crippen LogP contribution in [-0.4, -0.2) is 5.91 Å². The van der Waals surface area contributed by atoms with Crippen molar-refractivity contribution >= 4 is 40.2 Å². The molecule has 1 aromatic carbocycles. The molecule has 0 atom stereocenters. The number of carbonyl (C=O) groups excluding carboxylic acids is 1. The number of hydrogen-bond donors (Lipinski definition) is 2. The van der Waals surface area contributed by atoms with Gasteiger partial charge < -0.3 is 11.1 Å². The van der Waals surface area contributed by atoms with Crippen LogP contribution in [0.5, 0.6) is 0 Å². The number of benzene rings is 1. The van der Waals surface area contributed by atoms with E-state index in [9.17, 15) is 4.79 Å². The molecule has 0 aliphatic heterocycles. The monoisotopic (exact) mass is 266 g/mol. The van der Waals surface area contributed by atoms with Gasteiger partial charge in [0.2, 0.25) is 0 Å². The van der Waals surface area contributed by atoms with E-state index in [-0.39, 0.29) is 5.91 Å². The molecule has 0 aliphatic rings. The summed E-state index contributed by atoms with van der Waals surface area (Å²) < 4.78 is 0. The van der Waals surface area contributed by atoms with Crippen LogP contribution in [0.25, 0.3) is 0 Å². The van der Waals surface area contributed by atoms with Crippen LogP contribution in [0, 0.1) is 6.92 Å². The van der Waals surface area contributed by atoms with Crippen molar-refractivity contribution in [1.29, 1.82) is 0 Å². The smallest absolute Gasteiger partial charge is 0.265 e. The van der Waals surface area contributed by atoms with E-state index < -0.39 is 0 Å². The van der Waals surface area contributed by atoms with Crippen molar-refractivity contribution in [2.24, 2.45) is 0 Å². The fourth-order valence-electron chi connectivity index (χ4n) is 1.40. The quantitative estimate of drug-likeness (QED) is 0.817. The Balaban J connectivity index is 2.25. The van der Waals surface area contributed by atoms with Crippen LogP contribution in [0.15, 0.2) is 29.6 Å². The average molecular weight is 267 g/mol. The molecule has 0 spiro atoms. The number of nitrogens with one attached hydrogen (secondary N) is 1. The summed E-state index contributed by atoms with van der Waals surface area (Å²) in [6.45, 7) is 1.86. The first-order valence-corrected chi connectivity index (χ1v) is 6.24. The number of carbonyl (C=O) groups is 1. The van der Waals surface area contributed by atoms with Crippen molar-refractivity contribution in [2.45, 2.75) is 6.92 Å². The van der Waals surface area contributed by atoms with Crippen LogP contribution in [0.4, 0.5) is 11.4 Å². The summed E-state index contributed by atoms with van der Waals surface area (Å²) in [6.07, 6.45) is 0. The normalized spacial score (nSPS) is 10.2. The number of halogens is 1. The minimum atomic E-state index is -0.174. The van der Waals surface area contributed by atoms with Gasteiger partial charge in [0.1, 0.15) is 0 Å². The molecule has 0 saturated heterocycles. The van der Waals surface area contributed by atoms with Gasteiger partial charge in [-0.15, -0.1) is 11.3 Å². The molecule has 0 unspecified atom stereocenters. The molecule has 3 nitrogen and oxygen atoms in total. The van der Waals surface area contributed by atoms with Crippen LogP contribution < -0.4 is 11.1 Å². The molecular formula is C12H11ClN2OS. The van der Waals surface area contributed by atoms with Gasteiger partial charge in [-0.25, -0.2) is 0 Å². The zero-order chi connectivity index (χ0) is 12.4. The minimum Gasteiger partial charge on any atom is -0.397 e. The van der Waals surface area contributed by atoms with Gasteiger partial charge in [-0.2, -0.15) is 0 Å². The summed E-state index contributed by atoms with van der Waals surface area (Å²) in [5, 5.41) is 5.17. The van der Waals surface area contributed by atoms with E-state index >= 15 is 0 Å². The van der Waals surface area contributed by atoms with E-state index in [1.165, 1.54) is 11.3 Å². The highest BCUT2D eigenvalue weighted by molar-refractivity contribution is 7.12. The van der Waals surface area contributed by atoms with Crippen LogP contribution >= 0.6 is 22.9 Å². The molecular weight excluding hydrogens is 256 g/mol. The number of nitrogen functional groups attached to an aromatic ring is 1. The molecule has 3 N–H and O–H groups in total. The molecule has 1 aromatic heterocycles. The first-order chi connectivity index (χ1) is 8.08. The van der Waals surface area contributed by atoms with E-state index in [4.69, 9.17) is 17.3 Å². The largest absolute Gasteiger partial charge is 0.397 e. The third-order valence-electron chi connectivity index (χ3n) is 2.32. The third kappa shape index (κ3) is 2.60. The van der Waals surface area contributed by atoms with Crippen molar-refractivity contribution in [3.63, 3.8) is 0 Å². The van der Waals surface area contributed by atoms with Gasteiger partial charge in [-0.1, -0.05) is 17.7 Å². The van der Waals surface area contributed by atoms with Gasteiger partial charge >= 0.3 is 0 Å². The first kappa shape index (κ1) is 12.0. The van der Waals surface area contributed by atoms with Gasteiger partial charge in [-0.3, -0.25) is 4.79 Å². The van der Waals surface area contributed by atoms with Gasteiger partial charge in [0.15, 0.2) is 0 Å². The number of thiophene rings is 1. The first-order valence-electron chi connectivity index (χ1n) is 4.98. The highest BCUT2D eigenvalue weighted by Crippen LogP contribution is 2.27. The van der Waals surface area contributed by atoms with Crippen LogP contribution in [0.2, 0.25) is 5.02 Å². The Kier molecular flexibility index (Phi) is 3.36. The molecule has 0 bridgehead atoms. The Bertz CT molecular complexity index is 552. The molecule has 17 heavy (non-hydrogen) atoms. The van der Waals surface area contributed by atoms with Crippen LogP contribution in [0.3, 0.4) is 0 Å². The lowest BCUT2D eigenvalue weighted by Gasteiger charge is -2.09. The Morgan fingerprint density at radius 1 is 1.47 bits per heavy atom. The molecule has 0 radical (unpaired) electrons. The van der Waals surface area contributed by atoms with E-state index in [1.54, 1.807) is 18.2 Å². The van der Waals surface area contributed by atoms with Gasteiger partial charge in [0, 0.05) is 5.02 Å². The van der Waals surface area contributed by atoms with Gasteiger partial charge in [0.25, 0.3) is 5.91 Å². The predicted octanol–water partition coefficient (Wildman–Crippen LogP) is 3.54. The summed E-state index contributed by atoms with van der Waals surface area (Å²) in [6, 6.07) is 6.99. The molecule has 1 heterocycles. The SMILES string of the molecule is Cc1cc(N)c(NC(=O)c2cccs2)cc1Cl. The maximum Gasteiger partial charge on any atom is 0.265 e. The Labute approximate surface area is 108 Å². The fourth-order valence-corrected chi connectivity index (χ4v) is 2.19. The summed E-state index contributed by atoms with van der Waals surface area (Å²) in [5.41, 5.74) is 7.76. The lowest BCUT2D eigenvalue weighted by Crippen LogP contribution is -2.11. The summed E-state index contributed by atoms with van der Waals surface area (Å²) >= 11 is 7.37. The Morgan fingerprint density at radius 2 is 2.24 bits per heavy atom. The zero-order valence-corrected chi connectivity index (χ0v) is 10.7. The zero-order valence-electron chi connectivity index (χ0n) is 9.16. The molecule has 0 aliphatic carbocycles. The second kappa shape index (κ2) is 4.77. The summed E-state index contributed by atoms with van der Waals surface area (Å²) in [5.74, 6) is -0.174. The predicted molar refractivity (Wildman–Crippen MR) is 72.9 cm³/mol. The molecule has 0 saturated carbocycles. The lowest BCUT2D eigenvalue weighted by atomic mass is 10.2. The van der Waals surface area contributed by atoms with E-state index in [0.29, 0.717) is 21.3 Å². The highest BCUT2D eigenvalue weighted by Gasteiger charge is 2.10. The van der Waals surface area contributed by atoms with Crippen molar-refractivity contribution in [3.8, 4) is 0 Å². The van der Waals surface area contributed by atoms with Crippen molar-refractivity contribution < 1.29 is 4.79 Å². The summed E-state index contributed by atoms with van der Waals surface area (Å²) in [7, 11) is 0. The maximum atomic E-state index is 11.8. The van der Waals surface area contributed by atoms with Crippen LogP contribution in [0.1, 0.15) is 15.2 Å². The minimum absolute atomic E-state index is 0.174. The second-order valence-corrected chi connectivity index (χ2v) is 4.97. The average Bonchev–Trinajstić information content (AvgIpc) is 2.79. The second-order valence-electron chi connectivity index (χ2n) is 3.62. The van der Waals surface area contributed by atoms with Crippen molar-refractivity contribution in [3.05, 3.63) is 45.1 Å². The summed E-state index contributed by atoms with van der Waals surface area (Å²) in [4.78, 5) is 12.5. The van der Waals surface area contributed by atoms with Crippen LogP contribution in [-0.2, 0) is 0 Å². The molecule has 2 aromatic rings. The number of anilines is 2. The molecule has 1 amide bonds. The van der Waals surface area contributed by atoms with Crippen molar-refractivity contribution in [1.82, 2.24) is 0 Å². The highest BCUT2D eigenvalue weighted by atomic mass is 35.5. The maximum absolute atomic E-state index is 11.8. The molecule has 5 heteroatoms. The molecule has 0 fully saturated rings. The number of rotatable bonds is 2. The molecule has 2 rings (SSSR count). The molecule has 88 valence electrons. The van der Waals surface area contributed by atoms with Gasteiger partial charge in [0.05, 0.1) is 16.3 Å². The number of aryl methyl sites for hydroxylation is 1. The van der Waals surface area contributed by atoms with Gasteiger partial charge in [-0.05, 0) is 36.1 Å². The number of hydrogen-bond acceptors (Lipinski definition) is 3. The van der Waals surface area contributed by atoms with Crippen molar-refractivity contribution in [2.75, 3.05) is 11.1 Å². The standard InChI is InChI=1S/C12H11ClN2OS/c1-7-5-9(14)10(6-8(7)13)15-12(16)11-3-2-4-17-11/h2-6H,14H2,1H3,(H,15,16). The Morgan fingerprint density at radius 3 is 2.88 bits per heavy atom. The van der Waals surface area contributed by atoms with E-state index in [1.807, 2.05) is 18.4 Å². The van der Waals surface area contributed by atoms with E-state index in [0.717, 1.165) is 5.56 Å². The fraction of sp³-hybridized carbons (Fsp3) is 0.0833. The van der Waals surface area contributed by atoms with E-state index in [2.05, 4.69) is 5.32 Å². The number of amides is 1. The topological polar surface area (TPSA) is 55.1 Å².